The molecular formula is C14H26FN3O. The third-order valence-electron chi connectivity index (χ3n) is 3.20. The molecule has 1 heterocycles. The van der Waals surface area contributed by atoms with E-state index in [0.29, 0.717) is 0 Å². The van der Waals surface area contributed by atoms with E-state index in [1.807, 2.05) is 10.9 Å². The Kier molecular flexibility index (Phi) is 9.23. The van der Waals surface area contributed by atoms with Crippen molar-refractivity contribution in [1.82, 2.24) is 15.0 Å². The highest BCUT2D eigenvalue weighted by Gasteiger charge is 2.00. The predicted octanol–water partition coefficient (Wildman–Crippen LogP) is 2.90. The van der Waals surface area contributed by atoms with Crippen molar-refractivity contribution >= 4 is 0 Å². The first kappa shape index (κ1) is 16.1. The molecule has 1 N–H and O–H groups in total. The van der Waals surface area contributed by atoms with Crippen LogP contribution in [0.1, 0.15) is 57.1 Å². The van der Waals surface area contributed by atoms with E-state index >= 15 is 0 Å². The quantitative estimate of drug-likeness (QED) is 0.595. The summed E-state index contributed by atoms with van der Waals surface area (Å²) in [6, 6.07) is 0. The summed E-state index contributed by atoms with van der Waals surface area (Å²) >= 11 is 0. The summed E-state index contributed by atoms with van der Waals surface area (Å²) in [6.45, 7) is 0.941. The Morgan fingerprint density at radius 2 is 1.68 bits per heavy atom. The fourth-order valence-electron chi connectivity index (χ4n) is 2.07. The lowest BCUT2D eigenvalue weighted by Crippen LogP contribution is -1.98. The van der Waals surface area contributed by atoms with Gasteiger partial charge in [-0.05, 0) is 25.7 Å². The van der Waals surface area contributed by atoms with Crippen molar-refractivity contribution in [3.05, 3.63) is 11.9 Å². The van der Waals surface area contributed by atoms with Crippen LogP contribution in [0.25, 0.3) is 0 Å². The molecule has 1 aromatic heterocycles. The van der Waals surface area contributed by atoms with Crippen LogP contribution >= 0.6 is 0 Å². The van der Waals surface area contributed by atoms with E-state index in [1.165, 1.54) is 19.3 Å². The molecule has 0 fully saturated rings. The number of hydrogen-bond donors (Lipinski definition) is 1. The van der Waals surface area contributed by atoms with Crippen molar-refractivity contribution in [1.29, 1.82) is 0 Å². The molecule has 0 spiro atoms. The highest BCUT2D eigenvalue weighted by atomic mass is 19.1. The van der Waals surface area contributed by atoms with Gasteiger partial charge >= 0.3 is 0 Å². The third kappa shape index (κ3) is 7.93. The first-order valence-electron chi connectivity index (χ1n) is 7.42. The second kappa shape index (κ2) is 10.9. The molecule has 1 rings (SSSR count). The van der Waals surface area contributed by atoms with Crippen LogP contribution in [-0.4, -0.2) is 33.4 Å². The van der Waals surface area contributed by atoms with E-state index in [4.69, 9.17) is 5.11 Å². The van der Waals surface area contributed by atoms with Crippen molar-refractivity contribution in [2.24, 2.45) is 0 Å². The van der Waals surface area contributed by atoms with E-state index < -0.39 is 0 Å². The minimum absolute atomic E-state index is 0.176. The van der Waals surface area contributed by atoms with E-state index in [1.54, 1.807) is 0 Å². The maximum Gasteiger partial charge on any atom is 0.0894 e. The largest absolute Gasteiger partial charge is 0.396 e. The molecule has 0 saturated carbocycles. The van der Waals surface area contributed by atoms with Crippen molar-refractivity contribution < 1.29 is 9.50 Å². The number of rotatable bonds is 12. The fourth-order valence-corrected chi connectivity index (χ4v) is 2.07. The maximum absolute atomic E-state index is 11.9. The summed E-state index contributed by atoms with van der Waals surface area (Å²) in [5.41, 5.74) is 0.959. The van der Waals surface area contributed by atoms with Gasteiger partial charge in [0, 0.05) is 19.3 Å². The van der Waals surface area contributed by atoms with Crippen molar-refractivity contribution in [3.63, 3.8) is 0 Å². The van der Waals surface area contributed by atoms with Crippen molar-refractivity contribution in [2.75, 3.05) is 13.3 Å². The lowest BCUT2D eigenvalue weighted by atomic mass is 10.1. The SMILES string of the molecule is OCCCc1cn(CCCCCCCCCF)nn1. The van der Waals surface area contributed by atoms with Gasteiger partial charge in [-0.15, -0.1) is 5.10 Å². The lowest BCUT2D eigenvalue weighted by Gasteiger charge is -2.01. The van der Waals surface area contributed by atoms with E-state index in [0.717, 1.165) is 50.8 Å². The number of aromatic nitrogens is 3. The zero-order valence-electron chi connectivity index (χ0n) is 11.7. The molecule has 0 atom stereocenters. The second-order valence-corrected chi connectivity index (χ2v) is 4.96. The van der Waals surface area contributed by atoms with Crippen LogP contribution in [0.5, 0.6) is 0 Å². The van der Waals surface area contributed by atoms with Gasteiger partial charge in [0.15, 0.2) is 0 Å². The summed E-state index contributed by atoms with van der Waals surface area (Å²) in [4.78, 5) is 0. The molecule has 5 heteroatoms. The Morgan fingerprint density at radius 3 is 2.37 bits per heavy atom. The summed E-state index contributed by atoms with van der Waals surface area (Å²) in [5, 5.41) is 16.9. The number of aryl methyl sites for hydroxylation is 2. The number of unbranched alkanes of at least 4 members (excludes halogenated alkanes) is 6. The molecule has 0 radical (unpaired) electrons. The smallest absolute Gasteiger partial charge is 0.0894 e. The van der Waals surface area contributed by atoms with Crippen LogP contribution in [-0.2, 0) is 13.0 Å². The summed E-state index contributed by atoms with van der Waals surface area (Å²) in [5.74, 6) is 0. The van der Waals surface area contributed by atoms with Gasteiger partial charge in [0.25, 0.3) is 0 Å². The van der Waals surface area contributed by atoms with Crippen LogP contribution < -0.4 is 0 Å². The standard InChI is InChI=1S/C14H26FN3O/c15-10-6-4-2-1-3-5-7-11-18-13-14(16-17-18)9-8-12-19/h13,19H,1-12H2. The molecule has 0 saturated heterocycles. The highest BCUT2D eigenvalue weighted by molar-refractivity contribution is 4.91. The zero-order valence-corrected chi connectivity index (χ0v) is 11.7. The predicted molar refractivity (Wildman–Crippen MR) is 73.7 cm³/mol. The van der Waals surface area contributed by atoms with Crippen LogP contribution in [0, 0.1) is 0 Å². The van der Waals surface area contributed by atoms with Crippen LogP contribution in [0.15, 0.2) is 6.20 Å². The first-order valence-corrected chi connectivity index (χ1v) is 7.42. The van der Waals surface area contributed by atoms with Gasteiger partial charge in [0.2, 0.25) is 0 Å². The summed E-state index contributed by atoms with van der Waals surface area (Å²) in [6.07, 6.45) is 11.1. The number of alkyl halides is 1. The van der Waals surface area contributed by atoms with Gasteiger partial charge in [-0.3, -0.25) is 9.07 Å². The Balaban J connectivity index is 1.98. The molecule has 0 bridgehead atoms. The minimum atomic E-state index is -0.176. The fraction of sp³-hybridized carbons (Fsp3) is 0.857. The van der Waals surface area contributed by atoms with Crippen LogP contribution in [0.4, 0.5) is 4.39 Å². The summed E-state index contributed by atoms with van der Waals surface area (Å²) in [7, 11) is 0. The molecule has 0 amide bonds. The molecule has 0 aliphatic rings. The molecule has 19 heavy (non-hydrogen) atoms. The number of aliphatic hydroxyl groups is 1. The third-order valence-corrected chi connectivity index (χ3v) is 3.20. The van der Waals surface area contributed by atoms with E-state index in [2.05, 4.69) is 10.3 Å². The number of nitrogens with zero attached hydrogens (tertiary/aromatic N) is 3. The normalized spacial score (nSPS) is 11.1. The highest BCUT2D eigenvalue weighted by Crippen LogP contribution is 2.08. The number of halogens is 1. The second-order valence-electron chi connectivity index (χ2n) is 4.96. The number of aliphatic hydroxyl groups excluding tert-OH is 1. The topological polar surface area (TPSA) is 50.9 Å². The first-order chi connectivity index (χ1) is 9.36. The Bertz CT molecular complexity index is 317. The van der Waals surface area contributed by atoms with Gasteiger partial charge in [-0.2, -0.15) is 0 Å². The lowest BCUT2D eigenvalue weighted by molar-refractivity contribution is 0.288. The van der Waals surface area contributed by atoms with E-state index in [-0.39, 0.29) is 13.3 Å². The van der Waals surface area contributed by atoms with Gasteiger partial charge in [0.05, 0.1) is 12.4 Å². The van der Waals surface area contributed by atoms with E-state index in [9.17, 15) is 4.39 Å². The van der Waals surface area contributed by atoms with Gasteiger partial charge in [-0.1, -0.05) is 37.3 Å². The minimum Gasteiger partial charge on any atom is -0.396 e. The average Bonchev–Trinajstić information content (AvgIpc) is 2.87. The Morgan fingerprint density at radius 1 is 1.00 bits per heavy atom. The molecule has 0 aromatic carbocycles. The number of hydrogen-bond acceptors (Lipinski definition) is 3. The molecule has 0 aliphatic heterocycles. The van der Waals surface area contributed by atoms with Crippen molar-refractivity contribution in [3.8, 4) is 0 Å². The molecular weight excluding hydrogens is 245 g/mol. The maximum atomic E-state index is 11.9. The average molecular weight is 271 g/mol. The van der Waals surface area contributed by atoms with Crippen LogP contribution in [0.3, 0.4) is 0 Å². The molecule has 4 nitrogen and oxygen atoms in total. The van der Waals surface area contributed by atoms with Crippen molar-refractivity contribution in [2.45, 2.75) is 64.3 Å². The van der Waals surface area contributed by atoms with Gasteiger partial charge in [0.1, 0.15) is 0 Å². The molecule has 0 unspecified atom stereocenters. The molecule has 1 aromatic rings. The van der Waals surface area contributed by atoms with Gasteiger partial charge < -0.3 is 5.11 Å². The summed E-state index contributed by atoms with van der Waals surface area (Å²) < 4.78 is 13.7. The van der Waals surface area contributed by atoms with Gasteiger partial charge in [-0.25, -0.2) is 0 Å². The molecule has 0 aliphatic carbocycles. The molecule has 110 valence electrons. The van der Waals surface area contributed by atoms with Crippen LogP contribution in [0.2, 0.25) is 0 Å². The zero-order chi connectivity index (χ0) is 13.8. The Hall–Kier alpha value is -0.970. The Labute approximate surface area is 115 Å². The monoisotopic (exact) mass is 271 g/mol.